The first-order valence-corrected chi connectivity index (χ1v) is 6.89. The molecular formula is C11H20N4OS. The molecule has 1 aliphatic heterocycles. The van der Waals surface area contributed by atoms with Crippen LogP contribution in [0.1, 0.15) is 26.5 Å². The second-order valence-corrected chi connectivity index (χ2v) is 5.28. The SMILES string of the molecule is CCNc1snnc1CN1CC(C)OC(C)C1. The molecule has 2 atom stereocenters. The smallest absolute Gasteiger partial charge is 0.134 e. The van der Waals surface area contributed by atoms with Crippen LogP contribution < -0.4 is 5.32 Å². The first-order valence-electron chi connectivity index (χ1n) is 6.12. The molecule has 0 aromatic carbocycles. The van der Waals surface area contributed by atoms with Crippen LogP contribution in [0.5, 0.6) is 0 Å². The Bertz CT molecular complexity index is 347. The van der Waals surface area contributed by atoms with Crippen LogP contribution in [0.3, 0.4) is 0 Å². The lowest BCUT2D eigenvalue weighted by molar-refractivity contribution is -0.0707. The van der Waals surface area contributed by atoms with Crippen molar-refractivity contribution < 1.29 is 4.74 Å². The minimum atomic E-state index is 0.299. The first kappa shape index (κ1) is 12.7. The summed E-state index contributed by atoms with van der Waals surface area (Å²) in [6.45, 7) is 10.0. The van der Waals surface area contributed by atoms with E-state index < -0.39 is 0 Å². The molecule has 96 valence electrons. The van der Waals surface area contributed by atoms with E-state index in [9.17, 15) is 0 Å². The lowest BCUT2D eigenvalue weighted by Gasteiger charge is -2.34. The van der Waals surface area contributed by atoms with Gasteiger partial charge in [-0.25, -0.2) is 0 Å². The molecule has 2 unspecified atom stereocenters. The van der Waals surface area contributed by atoms with Gasteiger partial charge in [-0.05, 0) is 20.8 Å². The van der Waals surface area contributed by atoms with Crippen molar-refractivity contribution in [2.24, 2.45) is 0 Å². The molecule has 0 saturated carbocycles. The number of ether oxygens (including phenoxy) is 1. The number of nitrogens with zero attached hydrogens (tertiary/aromatic N) is 3. The van der Waals surface area contributed by atoms with Gasteiger partial charge >= 0.3 is 0 Å². The summed E-state index contributed by atoms with van der Waals surface area (Å²) >= 11 is 1.43. The average molecular weight is 256 g/mol. The number of nitrogens with one attached hydrogen (secondary N) is 1. The van der Waals surface area contributed by atoms with Crippen molar-refractivity contribution in [1.82, 2.24) is 14.5 Å². The predicted molar refractivity (Wildman–Crippen MR) is 69.4 cm³/mol. The number of rotatable bonds is 4. The minimum absolute atomic E-state index is 0.299. The van der Waals surface area contributed by atoms with Gasteiger partial charge in [0.05, 0.1) is 12.2 Å². The van der Waals surface area contributed by atoms with Crippen molar-refractivity contribution >= 4 is 16.5 Å². The molecule has 0 amide bonds. The van der Waals surface area contributed by atoms with E-state index in [0.717, 1.165) is 36.9 Å². The topological polar surface area (TPSA) is 50.3 Å². The highest BCUT2D eigenvalue weighted by Crippen LogP contribution is 2.21. The molecule has 2 heterocycles. The molecule has 6 heteroatoms. The highest BCUT2D eigenvalue weighted by atomic mass is 32.1. The van der Waals surface area contributed by atoms with E-state index in [1.54, 1.807) is 0 Å². The first-order chi connectivity index (χ1) is 8.19. The van der Waals surface area contributed by atoms with E-state index in [4.69, 9.17) is 4.74 Å². The van der Waals surface area contributed by atoms with Crippen LogP contribution in [0.25, 0.3) is 0 Å². The summed E-state index contributed by atoms with van der Waals surface area (Å²) in [6.07, 6.45) is 0.598. The molecule has 0 bridgehead atoms. The summed E-state index contributed by atoms with van der Waals surface area (Å²) < 4.78 is 9.74. The van der Waals surface area contributed by atoms with Crippen LogP contribution in [-0.2, 0) is 11.3 Å². The summed E-state index contributed by atoms with van der Waals surface area (Å²) in [6, 6.07) is 0. The molecular weight excluding hydrogens is 236 g/mol. The second kappa shape index (κ2) is 5.75. The van der Waals surface area contributed by atoms with Crippen LogP contribution in [0.4, 0.5) is 5.00 Å². The molecule has 1 N–H and O–H groups in total. The highest BCUT2D eigenvalue weighted by molar-refractivity contribution is 7.10. The zero-order valence-corrected chi connectivity index (χ0v) is 11.5. The number of hydrogen-bond donors (Lipinski definition) is 1. The van der Waals surface area contributed by atoms with Gasteiger partial charge in [-0.15, -0.1) is 5.10 Å². The van der Waals surface area contributed by atoms with E-state index >= 15 is 0 Å². The van der Waals surface area contributed by atoms with Gasteiger partial charge in [-0.2, -0.15) is 0 Å². The van der Waals surface area contributed by atoms with Crippen LogP contribution in [0, 0.1) is 0 Å². The lowest BCUT2D eigenvalue weighted by Crippen LogP contribution is -2.44. The zero-order valence-electron chi connectivity index (χ0n) is 10.6. The summed E-state index contributed by atoms with van der Waals surface area (Å²) in [5.41, 5.74) is 1.05. The van der Waals surface area contributed by atoms with Gasteiger partial charge in [0.1, 0.15) is 10.7 Å². The van der Waals surface area contributed by atoms with Gasteiger partial charge in [0.15, 0.2) is 0 Å². The van der Waals surface area contributed by atoms with E-state index in [1.165, 1.54) is 11.5 Å². The fraction of sp³-hybridized carbons (Fsp3) is 0.818. The van der Waals surface area contributed by atoms with Gasteiger partial charge in [0, 0.05) is 37.7 Å². The standard InChI is InChI=1S/C11H20N4OS/c1-4-12-11-10(13-14-17-11)7-15-5-8(2)16-9(3)6-15/h8-9,12H,4-7H2,1-3H3. The Morgan fingerprint density at radius 3 is 2.76 bits per heavy atom. The average Bonchev–Trinajstić information content (AvgIpc) is 2.65. The summed E-state index contributed by atoms with van der Waals surface area (Å²) in [5.74, 6) is 0. The number of hydrogen-bond acceptors (Lipinski definition) is 6. The molecule has 0 spiro atoms. The third-order valence-corrected chi connectivity index (χ3v) is 3.49. The van der Waals surface area contributed by atoms with Crippen molar-refractivity contribution in [2.45, 2.75) is 39.5 Å². The fourth-order valence-electron chi connectivity index (χ4n) is 2.23. The normalized spacial score (nSPS) is 26.1. The molecule has 5 nitrogen and oxygen atoms in total. The maximum absolute atomic E-state index is 5.72. The van der Waals surface area contributed by atoms with Gasteiger partial charge in [0.2, 0.25) is 0 Å². The van der Waals surface area contributed by atoms with Crippen molar-refractivity contribution in [1.29, 1.82) is 0 Å². The zero-order chi connectivity index (χ0) is 12.3. The van der Waals surface area contributed by atoms with Crippen LogP contribution in [0.2, 0.25) is 0 Å². The molecule has 0 radical (unpaired) electrons. The van der Waals surface area contributed by atoms with Crippen molar-refractivity contribution in [3.8, 4) is 0 Å². The molecule has 1 aliphatic rings. The van der Waals surface area contributed by atoms with Crippen molar-refractivity contribution in [2.75, 3.05) is 25.0 Å². The maximum atomic E-state index is 5.72. The van der Waals surface area contributed by atoms with Crippen LogP contribution >= 0.6 is 11.5 Å². The van der Waals surface area contributed by atoms with Crippen molar-refractivity contribution in [3.05, 3.63) is 5.69 Å². The van der Waals surface area contributed by atoms with Crippen LogP contribution in [0.15, 0.2) is 0 Å². The Morgan fingerprint density at radius 1 is 1.41 bits per heavy atom. The molecule has 1 aromatic heterocycles. The Morgan fingerprint density at radius 2 is 2.12 bits per heavy atom. The van der Waals surface area contributed by atoms with Gasteiger partial charge < -0.3 is 10.1 Å². The number of morpholine rings is 1. The second-order valence-electron chi connectivity index (χ2n) is 4.53. The minimum Gasteiger partial charge on any atom is -0.374 e. The molecule has 17 heavy (non-hydrogen) atoms. The Kier molecular flexibility index (Phi) is 4.31. The Hall–Kier alpha value is -0.720. The molecule has 0 aliphatic carbocycles. The molecule has 2 rings (SSSR count). The third kappa shape index (κ3) is 3.37. The summed E-state index contributed by atoms with van der Waals surface area (Å²) in [7, 11) is 0. The van der Waals surface area contributed by atoms with E-state index in [-0.39, 0.29) is 0 Å². The van der Waals surface area contributed by atoms with Crippen molar-refractivity contribution in [3.63, 3.8) is 0 Å². The van der Waals surface area contributed by atoms with Crippen LogP contribution in [-0.4, -0.2) is 46.3 Å². The summed E-state index contributed by atoms with van der Waals surface area (Å²) in [4.78, 5) is 2.39. The molecule has 1 aromatic rings. The maximum Gasteiger partial charge on any atom is 0.134 e. The summed E-state index contributed by atoms with van der Waals surface area (Å²) in [5, 5.41) is 8.60. The van der Waals surface area contributed by atoms with E-state index in [0.29, 0.717) is 12.2 Å². The van der Waals surface area contributed by atoms with Gasteiger partial charge in [-0.1, -0.05) is 4.49 Å². The van der Waals surface area contributed by atoms with Gasteiger partial charge in [-0.3, -0.25) is 4.90 Å². The number of anilines is 1. The van der Waals surface area contributed by atoms with E-state index in [1.807, 2.05) is 0 Å². The quantitative estimate of drug-likeness (QED) is 0.886. The Balaban J connectivity index is 1.97. The number of aromatic nitrogens is 2. The largest absolute Gasteiger partial charge is 0.374 e. The highest BCUT2D eigenvalue weighted by Gasteiger charge is 2.23. The molecule has 1 saturated heterocycles. The fourth-order valence-corrected chi connectivity index (χ4v) is 2.87. The lowest BCUT2D eigenvalue weighted by atomic mass is 10.2. The third-order valence-electron chi connectivity index (χ3n) is 2.76. The van der Waals surface area contributed by atoms with Gasteiger partial charge in [0.25, 0.3) is 0 Å². The molecule has 1 fully saturated rings. The van der Waals surface area contributed by atoms with E-state index in [2.05, 4.69) is 40.6 Å². The monoisotopic (exact) mass is 256 g/mol. The Labute approximate surface area is 106 Å². The predicted octanol–water partition coefficient (Wildman–Crippen LogP) is 1.58.